The van der Waals surface area contributed by atoms with Crippen LogP contribution in [0.2, 0.25) is 0 Å². The minimum atomic E-state index is -3.08. The summed E-state index contributed by atoms with van der Waals surface area (Å²) in [5.74, 6) is 0.155. The zero-order valence-corrected chi connectivity index (χ0v) is 15.0. The zero-order chi connectivity index (χ0) is 17.2. The number of anilines is 1. The number of nitrogen functional groups attached to an aromatic ring is 1. The highest BCUT2D eigenvalue weighted by Crippen LogP contribution is 2.41. The number of nitrogens with two attached hydrogens (primary N) is 1. The van der Waals surface area contributed by atoms with E-state index < -0.39 is 24.5 Å². The van der Waals surface area contributed by atoms with Gasteiger partial charge in [-0.15, -0.1) is 0 Å². The van der Waals surface area contributed by atoms with Gasteiger partial charge in [0.1, 0.15) is 11.9 Å². The molecule has 1 aliphatic heterocycles. The Bertz CT molecular complexity index is 858. The molecule has 0 saturated carbocycles. The first-order chi connectivity index (χ1) is 11.5. The van der Waals surface area contributed by atoms with Gasteiger partial charge in [0.05, 0.1) is 6.61 Å². The van der Waals surface area contributed by atoms with E-state index >= 15 is 0 Å². The number of aromatic nitrogens is 2. The summed E-state index contributed by atoms with van der Waals surface area (Å²) >= 11 is 5.19. The fourth-order valence-corrected chi connectivity index (χ4v) is 3.82. The second-order valence-corrected chi connectivity index (χ2v) is 8.44. The molecule has 0 fully saturated rings. The summed E-state index contributed by atoms with van der Waals surface area (Å²) in [5, 5.41) is 0.581. The van der Waals surface area contributed by atoms with Crippen LogP contribution in [0.4, 0.5) is 5.82 Å². The molecule has 0 aliphatic carbocycles. The topological polar surface area (TPSA) is 135 Å². The molecule has 3 atom stereocenters. The van der Waals surface area contributed by atoms with Crippen LogP contribution in [0.3, 0.4) is 0 Å². The first kappa shape index (κ1) is 19.5. The highest BCUT2D eigenvalue weighted by atomic mass is 32.5. The summed E-state index contributed by atoms with van der Waals surface area (Å²) in [7, 11) is 0. The molecule has 2 heterocycles. The Labute approximate surface area is 149 Å². The van der Waals surface area contributed by atoms with Gasteiger partial charge >= 0.3 is 5.69 Å². The van der Waals surface area contributed by atoms with Crippen LogP contribution in [0.25, 0.3) is 0 Å². The van der Waals surface area contributed by atoms with Crippen LogP contribution in [0, 0.1) is 0 Å². The Morgan fingerprint density at radius 2 is 2.04 bits per heavy atom. The standard InChI is InChI=1S/C15H16N3O4PS.H3N/c16-13-8-9-18(15(19)17-13)14-7-6-11(22-14)10-21-23(20,24)12-4-2-1-3-5-12;/h1-9,11,14H,10H2,(H,20,24)(H2,16,17,19);1H3. The molecule has 0 saturated heterocycles. The number of hydrogen-bond donors (Lipinski definition) is 3. The Balaban J connectivity index is 0.00000225. The van der Waals surface area contributed by atoms with Gasteiger partial charge in [0.25, 0.3) is 0 Å². The second kappa shape index (κ2) is 8.01. The molecule has 134 valence electrons. The molecular formula is C15H19N4O4PS. The van der Waals surface area contributed by atoms with Gasteiger partial charge in [-0.3, -0.25) is 4.57 Å². The van der Waals surface area contributed by atoms with Gasteiger partial charge in [-0.05, 0) is 36.1 Å². The summed E-state index contributed by atoms with van der Waals surface area (Å²) in [6, 6.07) is 10.4. The van der Waals surface area contributed by atoms with Gasteiger partial charge in [-0.2, -0.15) is 4.98 Å². The Hall–Kier alpha value is -1.87. The van der Waals surface area contributed by atoms with Crippen LogP contribution in [-0.4, -0.2) is 27.2 Å². The van der Waals surface area contributed by atoms with Gasteiger partial charge in [0, 0.05) is 11.5 Å². The monoisotopic (exact) mass is 382 g/mol. The van der Waals surface area contributed by atoms with Crippen LogP contribution < -0.4 is 22.9 Å². The third-order valence-corrected chi connectivity index (χ3v) is 5.83. The fourth-order valence-electron chi connectivity index (χ4n) is 2.23. The summed E-state index contributed by atoms with van der Waals surface area (Å²) in [6.07, 6.45) is 3.98. The maximum Gasteiger partial charge on any atom is 0.351 e. The lowest BCUT2D eigenvalue weighted by atomic mass is 10.4. The highest BCUT2D eigenvalue weighted by molar-refractivity contribution is 8.13. The molecule has 1 aliphatic rings. The number of ether oxygens (including phenoxy) is 1. The molecule has 2 aromatic rings. The van der Waals surface area contributed by atoms with Gasteiger partial charge < -0.3 is 26.0 Å². The average Bonchev–Trinajstić information content (AvgIpc) is 3.03. The van der Waals surface area contributed by atoms with E-state index in [1.54, 1.807) is 36.4 Å². The van der Waals surface area contributed by atoms with Gasteiger partial charge in [-0.25, -0.2) is 4.79 Å². The Kier molecular flexibility index (Phi) is 6.23. The van der Waals surface area contributed by atoms with Crippen molar-refractivity contribution in [2.45, 2.75) is 12.3 Å². The predicted octanol–water partition coefficient (Wildman–Crippen LogP) is 1.08. The van der Waals surface area contributed by atoms with Crippen molar-refractivity contribution in [3.8, 4) is 0 Å². The van der Waals surface area contributed by atoms with Crippen molar-refractivity contribution in [2.75, 3.05) is 12.3 Å². The van der Waals surface area contributed by atoms with Crippen molar-refractivity contribution in [3.05, 3.63) is 65.2 Å². The minimum absolute atomic E-state index is 0. The molecule has 0 radical (unpaired) electrons. The first-order valence-electron chi connectivity index (χ1n) is 7.17. The zero-order valence-electron chi connectivity index (χ0n) is 13.3. The van der Waals surface area contributed by atoms with Crippen molar-refractivity contribution >= 4 is 29.4 Å². The van der Waals surface area contributed by atoms with Crippen LogP contribution in [-0.2, 0) is 21.1 Å². The number of hydrogen-bond acceptors (Lipinski definition) is 7. The lowest BCUT2D eigenvalue weighted by Crippen LogP contribution is -2.28. The molecule has 0 amide bonds. The number of rotatable bonds is 5. The molecule has 3 rings (SSSR count). The molecule has 25 heavy (non-hydrogen) atoms. The number of nitrogens with zero attached hydrogens (tertiary/aromatic N) is 2. The highest BCUT2D eigenvalue weighted by Gasteiger charge is 2.25. The third kappa shape index (κ3) is 4.60. The van der Waals surface area contributed by atoms with E-state index in [1.807, 2.05) is 6.07 Å². The summed E-state index contributed by atoms with van der Waals surface area (Å²) < 4.78 is 12.5. The Morgan fingerprint density at radius 3 is 2.72 bits per heavy atom. The lowest BCUT2D eigenvalue weighted by molar-refractivity contribution is -0.00478. The first-order valence-corrected chi connectivity index (χ1v) is 9.84. The summed E-state index contributed by atoms with van der Waals surface area (Å²) in [5.41, 5.74) is 4.97. The van der Waals surface area contributed by atoms with E-state index in [9.17, 15) is 9.69 Å². The second-order valence-electron chi connectivity index (χ2n) is 5.14. The third-order valence-electron chi connectivity index (χ3n) is 3.43. The smallest absolute Gasteiger partial charge is 0.351 e. The minimum Gasteiger partial charge on any atom is -0.383 e. The maximum atomic E-state index is 11.8. The van der Waals surface area contributed by atoms with Gasteiger partial charge in [0.2, 0.25) is 6.49 Å². The molecule has 6 N–H and O–H groups in total. The van der Waals surface area contributed by atoms with E-state index in [2.05, 4.69) is 4.98 Å². The van der Waals surface area contributed by atoms with E-state index in [1.165, 1.54) is 16.8 Å². The largest absolute Gasteiger partial charge is 0.383 e. The van der Waals surface area contributed by atoms with Crippen LogP contribution in [0.15, 0.2) is 59.5 Å². The maximum absolute atomic E-state index is 11.8. The summed E-state index contributed by atoms with van der Waals surface area (Å²) in [6.45, 7) is -2.99. The van der Waals surface area contributed by atoms with Crippen LogP contribution in [0.1, 0.15) is 6.23 Å². The van der Waals surface area contributed by atoms with E-state index in [4.69, 9.17) is 26.8 Å². The van der Waals surface area contributed by atoms with E-state index in [-0.39, 0.29) is 18.6 Å². The molecule has 1 aromatic carbocycles. The fraction of sp³-hybridized carbons (Fsp3) is 0.200. The predicted molar refractivity (Wildman–Crippen MR) is 99.5 cm³/mol. The SMILES string of the molecule is N.Nc1ccn(C2C=CC(COP(O)(=S)c3ccccc3)O2)c(=O)n1. The number of benzene rings is 1. The van der Waals surface area contributed by atoms with E-state index in [0.29, 0.717) is 5.30 Å². The van der Waals surface area contributed by atoms with Crippen molar-refractivity contribution in [3.63, 3.8) is 0 Å². The molecular weight excluding hydrogens is 363 g/mol. The quantitative estimate of drug-likeness (QED) is 0.517. The van der Waals surface area contributed by atoms with Crippen molar-refractivity contribution in [1.29, 1.82) is 0 Å². The average molecular weight is 382 g/mol. The summed E-state index contributed by atoms with van der Waals surface area (Å²) in [4.78, 5) is 25.8. The lowest BCUT2D eigenvalue weighted by Gasteiger charge is -2.20. The normalized spacial score (nSPS) is 21.5. The van der Waals surface area contributed by atoms with Crippen LogP contribution in [0.5, 0.6) is 0 Å². The molecule has 3 unspecified atom stereocenters. The molecule has 1 aromatic heterocycles. The molecule has 10 heteroatoms. The van der Waals surface area contributed by atoms with Gasteiger partial charge in [0.15, 0.2) is 6.23 Å². The van der Waals surface area contributed by atoms with Gasteiger partial charge in [-0.1, -0.05) is 24.3 Å². The van der Waals surface area contributed by atoms with Crippen molar-refractivity contribution in [1.82, 2.24) is 15.7 Å². The molecule has 0 bridgehead atoms. The van der Waals surface area contributed by atoms with Crippen molar-refractivity contribution < 1.29 is 14.2 Å². The Morgan fingerprint density at radius 1 is 1.32 bits per heavy atom. The van der Waals surface area contributed by atoms with Crippen molar-refractivity contribution in [2.24, 2.45) is 0 Å². The van der Waals surface area contributed by atoms with E-state index in [0.717, 1.165) is 0 Å². The van der Waals surface area contributed by atoms with Crippen LogP contribution >= 0.6 is 6.49 Å². The molecule has 0 spiro atoms. The molecule has 8 nitrogen and oxygen atoms in total.